The van der Waals surface area contributed by atoms with E-state index in [1.54, 1.807) is 0 Å². The standard InChI is InChI=1S/C13H9F3N4/c14-13(15,16)9-4-2-1-3-8(9)10-7-12-18-6-5-11(17)20(12)19-10/h1-7H,17H2. The Hall–Kier alpha value is -2.57. The van der Waals surface area contributed by atoms with Crippen LogP contribution in [-0.4, -0.2) is 14.6 Å². The van der Waals surface area contributed by atoms with E-state index >= 15 is 0 Å². The lowest BCUT2D eigenvalue weighted by atomic mass is 10.0. The number of nitrogens with zero attached hydrogens (tertiary/aromatic N) is 3. The van der Waals surface area contributed by atoms with Crippen LogP contribution in [0.15, 0.2) is 42.6 Å². The Bertz CT molecular complexity index is 777. The molecule has 0 amide bonds. The molecule has 0 saturated heterocycles. The molecule has 0 aliphatic carbocycles. The Morgan fingerprint density at radius 2 is 1.85 bits per heavy atom. The Kier molecular flexibility index (Phi) is 2.63. The molecule has 20 heavy (non-hydrogen) atoms. The summed E-state index contributed by atoms with van der Waals surface area (Å²) < 4.78 is 40.3. The number of aromatic nitrogens is 3. The first-order valence-corrected chi connectivity index (χ1v) is 5.73. The molecule has 0 bridgehead atoms. The van der Waals surface area contributed by atoms with Crippen molar-refractivity contribution >= 4 is 11.5 Å². The van der Waals surface area contributed by atoms with Crippen LogP contribution in [-0.2, 0) is 6.18 Å². The molecular weight excluding hydrogens is 269 g/mol. The molecule has 0 fully saturated rings. The van der Waals surface area contributed by atoms with Crippen molar-refractivity contribution in [1.82, 2.24) is 14.6 Å². The highest BCUT2D eigenvalue weighted by Gasteiger charge is 2.33. The van der Waals surface area contributed by atoms with Gasteiger partial charge in [-0.1, -0.05) is 18.2 Å². The second-order valence-corrected chi connectivity index (χ2v) is 4.21. The van der Waals surface area contributed by atoms with Gasteiger partial charge < -0.3 is 5.73 Å². The lowest BCUT2D eigenvalue weighted by molar-refractivity contribution is -0.137. The van der Waals surface area contributed by atoms with Crippen molar-refractivity contribution in [1.29, 1.82) is 0 Å². The van der Waals surface area contributed by atoms with E-state index in [0.717, 1.165) is 6.07 Å². The monoisotopic (exact) mass is 278 g/mol. The quantitative estimate of drug-likeness (QED) is 0.744. The number of nitrogens with two attached hydrogens (primary N) is 1. The molecule has 0 saturated carbocycles. The summed E-state index contributed by atoms with van der Waals surface area (Å²) in [5, 5.41) is 4.09. The van der Waals surface area contributed by atoms with E-state index in [-0.39, 0.29) is 11.3 Å². The Morgan fingerprint density at radius 3 is 2.55 bits per heavy atom. The maximum absolute atomic E-state index is 13.0. The number of hydrogen-bond donors (Lipinski definition) is 1. The lowest BCUT2D eigenvalue weighted by Gasteiger charge is -2.10. The molecule has 3 rings (SSSR count). The molecule has 0 aliphatic heterocycles. The van der Waals surface area contributed by atoms with Gasteiger partial charge in [0.1, 0.15) is 5.82 Å². The van der Waals surface area contributed by atoms with Crippen molar-refractivity contribution in [2.75, 3.05) is 5.73 Å². The second kappa shape index (κ2) is 4.22. The first-order valence-electron chi connectivity index (χ1n) is 5.73. The maximum Gasteiger partial charge on any atom is 0.417 e. The molecule has 0 aliphatic rings. The van der Waals surface area contributed by atoms with E-state index in [9.17, 15) is 13.2 Å². The van der Waals surface area contributed by atoms with Gasteiger partial charge in [-0.25, -0.2) is 4.98 Å². The van der Waals surface area contributed by atoms with Crippen LogP contribution in [0, 0.1) is 0 Å². The summed E-state index contributed by atoms with van der Waals surface area (Å²) in [6, 6.07) is 8.28. The number of hydrogen-bond acceptors (Lipinski definition) is 3. The molecule has 0 radical (unpaired) electrons. The van der Waals surface area contributed by atoms with Crippen LogP contribution in [0.5, 0.6) is 0 Å². The van der Waals surface area contributed by atoms with Gasteiger partial charge in [0, 0.05) is 17.8 Å². The van der Waals surface area contributed by atoms with Crippen molar-refractivity contribution in [3.05, 3.63) is 48.2 Å². The molecule has 2 N–H and O–H groups in total. The third-order valence-electron chi connectivity index (χ3n) is 2.90. The Labute approximate surface area is 111 Å². The first-order chi connectivity index (χ1) is 9.47. The molecule has 1 aromatic carbocycles. The first kappa shape index (κ1) is 12.5. The molecule has 0 unspecified atom stereocenters. The molecule has 7 heteroatoms. The van der Waals surface area contributed by atoms with Gasteiger partial charge in [0.05, 0.1) is 11.3 Å². The zero-order valence-electron chi connectivity index (χ0n) is 10.1. The summed E-state index contributed by atoms with van der Waals surface area (Å²) in [5.74, 6) is 0.311. The van der Waals surface area contributed by atoms with Crippen LogP contribution in [0.25, 0.3) is 16.9 Å². The average molecular weight is 278 g/mol. The van der Waals surface area contributed by atoms with Crippen molar-refractivity contribution in [2.24, 2.45) is 0 Å². The summed E-state index contributed by atoms with van der Waals surface area (Å²) in [6.45, 7) is 0. The molecule has 2 heterocycles. The highest BCUT2D eigenvalue weighted by molar-refractivity contribution is 5.68. The van der Waals surface area contributed by atoms with Gasteiger partial charge in [-0.05, 0) is 12.1 Å². The highest BCUT2D eigenvalue weighted by Crippen LogP contribution is 2.36. The van der Waals surface area contributed by atoms with Gasteiger partial charge in [-0.15, -0.1) is 0 Å². The van der Waals surface area contributed by atoms with E-state index < -0.39 is 11.7 Å². The van der Waals surface area contributed by atoms with Crippen molar-refractivity contribution in [3.63, 3.8) is 0 Å². The fraction of sp³-hybridized carbons (Fsp3) is 0.0769. The van der Waals surface area contributed by atoms with Crippen LogP contribution in [0.2, 0.25) is 0 Å². The largest absolute Gasteiger partial charge is 0.417 e. The topological polar surface area (TPSA) is 56.2 Å². The van der Waals surface area contributed by atoms with Crippen molar-refractivity contribution in [2.45, 2.75) is 6.18 Å². The Morgan fingerprint density at radius 1 is 1.10 bits per heavy atom. The van der Waals surface area contributed by atoms with Crippen LogP contribution in [0.4, 0.5) is 19.0 Å². The van der Waals surface area contributed by atoms with Gasteiger partial charge >= 0.3 is 6.18 Å². The van der Waals surface area contributed by atoms with Gasteiger partial charge in [0.15, 0.2) is 5.65 Å². The van der Waals surface area contributed by atoms with Crippen LogP contribution in [0.1, 0.15) is 5.56 Å². The predicted molar refractivity (Wildman–Crippen MR) is 67.8 cm³/mol. The molecular formula is C13H9F3N4. The number of nitrogen functional groups attached to an aromatic ring is 1. The number of alkyl halides is 3. The van der Waals surface area contributed by atoms with Gasteiger partial charge in [-0.2, -0.15) is 22.8 Å². The number of anilines is 1. The third-order valence-corrected chi connectivity index (χ3v) is 2.90. The van der Waals surface area contributed by atoms with E-state index in [4.69, 9.17) is 5.73 Å². The fourth-order valence-electron chi connectivity index (χ4n) is 2.00. The van der Waals surface area contributed by atoms with Crippen molar-refractivity contribution in [3.8, 4) is 11.3 Å². The molecule has 2 aromatic heterocycles. The van der Waals surface area contributed by atoms with Gasteiger partial charge in [-0.3, -0.25) is 0 Å². The van der Waals surface area contributed by atoms with Crippen molar-refractivity contribution < 1.29 is 13.2 Å². The fourth-order valence-corrected chi connectivity index (χ4v) is 2.00. The zero-order chi connectivity index (χ0) is 14.3. The highest BCUT2D eigenvalue weighted by atomic mass is 19.4. The van der Waals surface area contributed by atoms with Gasteiger partial charge in [0.2, 0.25) is 0 Å². The average Bonchev–Trinajstić information content (AvgIpc) is 2.83. The maximum atomic E-state index is 13.0. The smallest absolute Gasteiger partial charge is 0.384 e. The second-order valence-electron chi connectivity index (χ2n) is 4.21. The van der Waals surface area contributed by atoms with Gasteiger partial charge in [0.25, 0.3) is 0 Å². The molecule has 3 aromatic rings. The number of rotatable bonds is 1. The SMILES string of the molecule is Nc1ccnc2cc(-c3ccccc3C(F)(F)F)nn12. The number of benzene rings is 1. The van der Waals surface area contributed by atoms with E-state index in [1.165, 1.54) is 41.0 Å². The number of halogens is 3. The molecule has 0 spiro atoms. The minimum absolute atomic E-state index is 0.00454. The minimum Gasteiger partial charge on any atom is -0.384 e. The molecule has 102 valence electrons. The summed E-state index contributed by atoms with van der Waals surface area (Å²) >= 11 is 0. The molecule has 4 nitrogen and oxygen atoms in total. The minimum atomic E-state index is -4.44. The van der Waals surface area contributed by atoms with E-state index in [1.807, 2.05) is 0 Å². The zero-order valence-corrected chi connectivity index (χ0v) is 10.1. The third kappa shape index (κ3) is 1.97. The summed E-state index contributed by atoms with van der Waals surface area (Å²) in [6.07, 6.45) is -2.96. The van der Waals surface area contributed by atoms with E-state index in [0.29, 0.717) is 11.5 Å². The normalized spacial score (nSPS) is 11.9. The lowest BCUT2D eigenvalue weighted by Crippen LogP contribution is -2.07. The van der Waals surface area contributed by atoms with Crippen LogP contribution in [0.3, 0.4) is 0 Å². The van der Waals surface area contributed by atoms with Crippen LogP contribution < -0.4 is 5.73 Å². The summed E-state index contributed by atoms with van der Waals surface area (Å²) in [5.41, 5.74) is 5.56. The van der Waals surface area contributed by atoms with Crippen LogP contribution >= 0.6 is 0 Å². The summed E-state index contributed by atoms with van der Waals surface area (Å²) in [4.78, 5) is 4.02. The van der Waals surface area contributed by atoms with E-state index in [2.05, 4.69) is 10.1 Å². The Balaban J connectivity index is 2.24. The predicted octanol–water partition coefficient (Wildman–Crippen LogP) is 3.00. The number of fused-ring (bicyclic) bond motifs is 1. The summed E-state index contributed by atoms with van der Waals surface area (Å²) in [7, 11) is 0. The molecule has 0 atom stereocenters.